The van der Waals surface area contributed by atoms with E-state index in [1.165, 1.54) is 0 Å². The van der Waals surface area contributed by atoms with Crippen molar-refractivity contribution in [3.63, 3.8) is 0 Å². The van der Waals surface area contributed by atoms with Crippen molar-refractivity contribution in [2.24, 2.45) is 0 Å². The maximum absolute atomic E-state index is 13.0. The van der Waals surface area contributed by atoms with Gasteiger partial charge in [-0.3, -0.25) is 4.79 Å². The van der Waals surface area contributed by atoms with Crippen LogP contribution in [0.3, 0.4) is 0 Å². The van der Waals surface area contributed by atoms with Crippen molar-refractivity contribution in [3.05, 3.63) is 59.7 Å². The molecule has 8 heteroatoms. The Kier molecular flexibility index (Phi) is 9.07. The Hall–Kier alpha value is -1.72. The lowest BCUT2D eigenvalue weighted by atomic mass is 10.0. The quantitative estimate of drug-likeness (QED) is 0.194. The van der Waals surface area contributed by atoms with Crippen LogP contribution in [0.1, 0.15) is 22.3 Å². The second kappa shape index (κ2) is 10.9. The first-order valence-electron chi connectivity index (χ1n) is 11.1. The zero-order chi connectivity index (χ0) is 24.0. The highest BCUT2D eigenvalue weighted by molar-refractivity contribution is 6.87. The first-order chi connectivity index (χ1) is 14.8. The molecule has 0 spiro atoms. The van der Waals surface area contributed by atoms with Crippen LogP contribution in [-0.2, 0) is 8.23 Å². The molecular formula is C24H38O5Si3. The standard InChI is InChI=1S/C24H38O5Si3/c1-26-21-15-16-22(24(25)20-13-10-9-11-14-20)23(19-21)27-17-12-18-32(8,28-30(2,3)4)29-31(5,6)7/h9-11,13-16,19H,12,17-18H2,1-8H3. The van der Waals surface area contributed by atoms with Crippen molar-refractivity contribution in [1.29, 1.82) is 0 Å². The van der Waals surface area contributed by atoms with Gasteiger partial charge in [0.1, 0.15) is 11.5 Å². The SMILES string of the molecule is COc1ccc(C(=O)c2ccccc2)c(OCCC[Si](C)(O[Si](C)(C)C)O[Si](C)(C)C)c1. The summed E-state index contributed by atoms with van der Waals surface area (Å²) in [6.45, 7) is 15.9. The molecule has 0 atom stereocenters. The van der Waals surface area contributed by atoms with Crippen molar-refractivity contribution < 1.29 is 22.5 Å². The van der Waals surface area contributed by atoms with Crippen LogP contribution in [0.4, 0.5) is 0 Å². The second-order valence-corrected chi connectivity index (χ2v) is 22.9. The van der Waals surface area contributed by atoms with E-state index in [0.29, 0.717) is 29.2 Å². The third-order valence-electron chi connectivity index (χ3n) is 4.55. The van der Waals surface area contributed by atoms with E-state index < -0.39 is 25.2 Å². The van der Waals surface area contributed by atoms with Crippen LogP contribution in [0.5, 0.6) is 11.5 Å². The van der Waals surface area contributed by atoms with Crippen LogP contribution >= 0.6 is 0 Å². The fourth-order valence-corrected chi connectivity index (χ4v) is 16.2. The Balaban J connectivity index is 2.12. The monoisotopic (exact) mass is 490 g/mol. The van der Waals surface area contributed by atoms with E-state index in [1.807, 2.05) is 30.3 Å². The van der Waals surface area contributed by atoms with E-state index in [0.717, 1.165) is 12.5 Å². The highest BCUT2D eigenvalue weighted by Gasteiger charge is 2.39. The van der Waals surface area contributed by atoms with E-state index >= 15 is 0 Å². The van der Waals surface area contributed by atoms with Crippen molar-refractivity contribution >= 4 is 31.0 Å². The van der Waals surface area contributed by atoms with Crippen molar-refractivity contribution in [1.82, 2.24) is 0 Å². The van der Waals surface area contributed by atoms with Crippen molar-refractivity contribution in [3.8, 4) is 11.5 Å². The number of rotatable bonds is 12. The Labute approximate surface area is 196 Å². The number of carbonyl (C=O) groups is 1. The van der Waals surface area contributed by atoms with Gasteiger partial charge in [0.05, 0.1) is 19.3 Å². The first kappa shape index (κ1) is 26.5. The molecule has 0 saturated carbocycles. The smallest absolute Gasteiger partial charge is 0.314 e. The molecule has 2 aromatic rings. The summed E-state index contributed by atoms with van der Waals surface area (Å²) in [6, 6.07) is 15.4. The summed E-state index contributed by atoms with van der Waals surface area (Å²) in [5.41, 5.74) is 1.17. The summed E-state index contributed by atoms with van der Waals surface area (Å²) in [4.78, 5) is 13.0. The molecule has 0 N–H and O–H groups in total. The molecule has 0 amide bonds. The molecule has 0 radical (unpaired) electrons. The molecule has 0 aliphatic heterocycles. The highest BCUT2D eigenvalue weighted by atomic mass is 28.5. The summed E-state index contributed by atoms with van der Waals surface area (Å²) in [7, 11) is -4.17. The zero-order valence-electron chi connectivity index (χ0n) is 20.8. The van der Waals surface area contributed by atoms with E-state index in [-0.39, 0.29) is 5.78 Å². The average molecular weight is 491 g/mol. The van der Waals surface area contributed by atoms with Crippen LogP contribution < -0.4 is 9.47 Å². The van der Waals surface area contributed by atoms with Gasteiger partial charge in [-0.15, -0.1) is 0 Å². The van der Waals surface area contributed by atoms with Crippen LogP contribution in [0, 0.1) is 0 Å². The second-order valence-electron chi connectivity index (χ2n) is 10.1. The van der Waals surface area contributed by atoms with Gasteiger partial charge in [-0.2, -0.15) is 0 Å². The Morgan fingerprint density at radius 2 is 1.44 bits per heavy atom. The summed E-state index contributed by atoms with van der Waals surface area (Å²) < 4.78 is 24.6. The van der Waals surface area contributed by atoms with Gasteiger partial charge in [-0.25, -0.2) is 0 Å². The molecule has 176 valence electrons. The summed E-state index contributed by atoms with van der Waals surface area (Å²) in [6.07, 6.45) is 0.799. The topological polar surface area (TPSA) is 54.0 Å². The normalized spacial score (nSPS) is 12.5. The van der Waals surface area contributed by atoms with Crippen LogP contribution in [0.15, 0.2) is 48.5 Å². The number of ketones is 1. The number of ether oxygens (including phenoxy) is 2. The molecule has 2 aromatic carbocycles. The number of hydrogen-bond acceptors (Lipinski definition) is 5. The van der Waals surface area contributed by atoms with Crippen LogP contribution in [0.2, 0.25) is 51.9 Å². The van der Waals surface area contributed by atoms with E-state index in [9.17, 15) is 4.79 Å². The van der Waals surface area contributed by atoms with E-state index in [2.05, 4.69) is 45.8 Å². The van der Waals surface area contributed by atoms with Gasteiger partial charge in [-0.05, 0) is 70.4 Å². The predicted molar refractivity (Wildman–Crippen MR) is 138 cm³/mol. The molecule has 0 aromatic heterocycles. The molecular weight excluding hydrogens is 453 g/mol. The predicted octanol–water partition coefficient (Wildman–Crippen LogP) is 6.47. The summed E-state index contributed by atoms with van der Waals surface area (Å²) >= 11 is 0. The van der Waals surface area contributed by atoms with Crippen LogP contribution in [-0.4, -0.2) is 44.7 Å². The molecule has 0 saturated heterocycles. The number of hydrogen-bond donors (Lipinski definition) is 0. The van der Waals surface area contributed by atoms with E-state index in [1.54, 1.807) is 25.3 Å². The maximum atomic E-state index is 13.0. The maximum Gasteiger partial charge on any atom is 0.314 e. The molecule has 0 aliphatic rings. The lowest BCUT2D eigenvalue weighted by molar-refractivity contribution is 0.103. The van der Waals surface area contributed by atoms with Gasteiger partial charge in [-0.1, -0.05) is 30.3 Å². The Morgan fingerprint density at radius 1 is 0.844 bits per heavy atom. The number of methoxy groups -OCH3 is 1. The molecule has 0 fully saturated rings. The fourth-order valence-electron chi connectivity index (χ4n) is 3.68. The Bertz CT molecular complexity index is 873. The van der Waals surface area contributed by atoms with Crippen molar-refractivity contribution in [2.45, 2.75) is 58.3 Å². The minimum atomic E-state index is -2.31. The third-order valence-corrected chi connectivity index (χ3v) is 14.2. The largest absolute Gasteiger partial charge is 0.497 e. The van der Waals surface area contributed by atoms with Crippen LogP contribution in [0.25, 0.3) is 0 Å². The van der Waals surface area contributed by atoms with Gasteiger partial charge in [0, 0.05) is 11.6 Å². The van der Waals surface area contributed by atoms with Gasteiger partial charge in [0.25, 0.3) is 0 Å². The van der Waals surface area contributed by atoms with Gasteiger partial charge >= 0.3 is 8.56 Å². The number of carbonyl (C=O) groups excluding carboxylic acids is 1. The molecule has 0 unspecified atom stereocenters. The van der Waals surface area contributed by atoms with E-state index in [4.69, 9.17) is 17.7 Å². The molecule has 5 nitrogen and oxygen atoms in total. The van der Waals surface area contributed by atoms with Gasteiger partial charge in [0.15, 0.2) is 22.4 Å². The van der Waals surface area contributed by atoms with Crippen molar-refractivity contribution in [2.75, 3.05) is 13.7 Å². The zero-order valence-corrected chi connectivity index (χ0v) is 23.8. The minimum Gasteiger partial charge on any atom is -0.497 e. The minimum absolute atomic E-state index is 0.0633. The lowest BCUT2D eigenvalue weighted by Gasteiger charge is -2.38. The summed E-state index contributed by atoms with van der Waals surface area (Å²) in [5, 5.41) is 0. The molecule has 0 heterocycles. The Morgan fingerprint density at radius 3 is 1.97 bits per heavy atom. The lowest BCUT2D eigenvalue weighted by Crippen LogP contribution is -2.52. The molecule has 0 aliphatic carbocycles. The average Bonchev–Trinajstić information content (AvgIpc) is 2.68. The van der Waals surface area contributed by atoms with Gasteiger partial charge < -0.3 is 17.7 Å². The fraction of sp³-hybridized carbons (Fsp3) is 0.458. The summed E-state index contributed by atoms with van der Waals surface area (Å²) in [5.74, 6) is 1.14. The van der Waals surface area contributed by atoms with Gasteiger partial charge in [0.2, 0.25) is 0 Å². The molecule has 2 rings (SSSR count). The third kappa shape index (κ3) is 8.67. The number of benzene rings is 2. The molecule has 0 bridgehead atoms. The highest BCUT2D eigenvalue weighted by Crippen LogP contribution is 2.29. The molecule has 32 heavy (non-hydrogen) atoms. The first-order valence-corrected chi connectivity index (χ1v) is 20.5.